The topological polar surface area (TPSA) is 30.5 Å². The SMILES string of the molecule is CCNC(COc1ccc(C)cc1)C1CCOC1. The van der Waals surface area contributed by atoms with Crippen LogP contribution in [0.25, 0.3) is 0 Å². The third kappa shape index (κ3) is 3.72. The quantitative estimate of drug-likeness (QED) is 0.839. The number of hydrogen-bond acceptors (Lipinski definition) is 3. The molecule has 1 N–H and O–H groups in total. The number of hydrogen-bond donors (Lipinski definition) is 1. The number of likely N-dealkylation sites (N-methyl/N-ethyl adjacent to an activating group) is 1. The third-order valence-electron chi connectivity index (χ3n) is 3.45. The van der Waals surface area contributed by atoms with Crippen molar-refractivity contribution in [3.8, 4) is 5.75 Å². The number of aryl methyl sites for hydroxylation is 1. The van der Waals surface area contributed by atoms with Gasteiger partial charge in [0.15, 0.2) is 0 Å². The standard InChI is InChI=1S/C15H23NO2/c1-3-16-15(13-8-9-17-10-13)11-18-14-6-4-12(2)5-7-14/h4-7,13,15-16H,3,8-11H2,1-2H3. The van der Waals surface area contributed by atoms with Gasteiger partial charge in [-0.05, 0) is 32.0 Å². The van der Waals surface area contributed by atoms with Gasteiger partial charge in [0.05, 0.1) is 6.61 Å². The van der Waals surface area contributed by atoms with Gasteiger partial charge in [0, 0.05) is 18.6 Å². The Bertz CT molecular complexity index is 344. The highest BCUT2D eigenvalue weighted by molar-refractivity contribution is 5.26. The van der Waals surface area contributed by atoms with E-state index in [1.807, 2.05) is 12.1 Å². The lowest BCUT2D eigenvalue weighted by Gasteiger charge is -2.23. The summed E-state index contributed by atoms with van der Waals surface area (Å²) >= 11 is 0. The molecule has 1 aliphatic heterocycles. The van der Waals surface area contributed by atoms with E-state index in [9.17, 15) is 0 Å². The Hall–Kier alpha value is -1.06. The second-order valence-corrected chi connectivity index (χ2v) is 4.91. The van der Waals surface area contributed by atoms with Gasteiger partial charge in [0.1, 0.15) is 12.4 Å². The molecule has 1 fully saturated rings. The molecule has 0 aromatic heterocycles. The lowest BCUT2D eigenvalue weighted by atomic mass is 10.00. The van der Waals surface area contributed by atoms with E-state index in [-0.39, 0.29) is 0 Å². The van der Waals surface area contributed by atoms with E-state index in [0.717, 1.165) is 31.9 Å². The van der Waals surface area contributed by atoms with Gasteiger partial charge in [-0.2, -0.15) is 0 Å². The highest BCUT2D eigenvalue weighted by Gasteiger charge is 2.25. The molecule has 3 nitrogen and oxygen atoms in total. The molecule has 0 spiro atoms. The van der Waals surface area contributed by atoms with Crippen LogP contribution < -0.4 is 10.1 Å². The molecule has 3 heteroatoms. The Morgan fingerprint density at radius 3 is 2.78 bits per heavy atom. The van der Waals surface area contributed by atoms with Gasteiger partial charge in [-0.25, -0.2) is 0 Å². The fourth-order valence-electron chi connectivity index (χ4n) is 2.31. The highest BCUT2D eigenvalue weighted by Crippen LogP contribution is 2.18. The Balaban J connectivity index is 1.86. The molecule has 1 aromatic carbocycles. The second-order valence-electron chi connectivity index (χ2n) is 4.91. The van der Waals surface area contributed by atoms with Crippen molar-refractivity contribution in [3.63, 3.8) is 0 Å². The second kappa shape index (κ2) is 6.76. The van der Waals surface area contributed by atoms with Crippen LogP contribution in [-0.2, 0) is 4.74 Å². The van der Waals surface area contributed by atoms with Crippen LogP contribution in [0.4, 0.5) is 0 Å². The number of rotatable bonds is 6. The molecule has 1 saturated heterocycles. The molecule has 0 bridgehead atoms. The van der Waals surface area contributed by atoms with E-state index >= 15 is 0 Å². The van der Waals surface area contributed by atoms with E-state index in [1.165, 1.54) is 5.56 Å². The summed E-state index contributed by atoms with van der Waals surface area (Å²) in [6.07, 6.45) is 1.13. The first-order valence-electron chi connectivity index (χ1n) is 6.80. The predicted molar refractivity (Wildman–Crippen MR) is 73.1 cm³/mol. The van der Waals surface area contributed by atoms with Crippen LogP contribution in [-0.4, -0.2) is 32.4 Å². The molecular formula is C15H23NO2. The van der Waals surface area contributed by atoms with Crippen molar-refractivity contribution in [2.45, 2.75) is 26.3 Å². The van der Waals surface area contributed by atoms with Gasteiger partial charge in [0.25, 0.3) is 0 Å². The van der Waals surface area contributed by atoms with Crippen LogP contribution >= 0.6 is 0 Å². The molecule has 100 valence electrons. The Morgan fingerprint density at radius 1 is 1.39 bits per heavy atom. The van der Waals surface area contributed by atoms with E-state index in [2.05, 4.69) is 31.3 Å². The summed E-state index contributed by atoms with van der Waals surface area (Å²) in [5.74, 6) is 1.53. The predicted octanol–water partition coefficient (Wildman–Crippen LogP) is 2.39. The normalized spacial score (nSPS) is 20.9. The Labute approximate surface area is 109 Å². The number of ether oxygens (including phenoxy) is 2. The lowest BCUT2D eigenvalue weighted by Crippen LogP contribution is -2.41. The first kappa shape index (κ1) is 13.4. The molecule has 2 unspecified atom stereocenters. The first-order valence-corrected chi connectivity index (χ1v) is 6.80. The van der Waals surface area contributed by atoms with E-state index in [0.29, 0.717) is 18.6 Å². The van der Waals surface area contributed by atoms with Crippen molar-refractivity contribution in [2.75, 3.05) is 26.4 Å². The largest absolute Gasteiger partial charge is 0.492 e. The maximum Gasteiger partial charge on any atom is 0.119 e. The molecule has 2 rings (SSSR count). The average Bonchev–Trinajstić information content (AvgIpc) is 2.90. The molecular weight excluding hydrogens is 226 g/mol. The fourth-order valence-corrected chi connectivity index (χ4v) is 2.31. The number of benzene rings is 1. The van der Waals surface area contributed by atoms with Crippen LogP contribution in [0.15, 0.2) is 24.3 Å². The van der Waals surface area contributed by atoms with Crippen molar-refractivity contribution in [1.82, 2.24) is 5.32 Å². The smallest absolute Gasteiger partial charge is 0.119 e. The van der Waals surface area contributed by atoms with Crippen molar-refractivity contribution < 1.29 is 9.47 Å². The van der Waals surface area contributed by atoms with Crippen molar-refractivity contribution >= 4 is 0 Å². The monoisotopic (exact) mass is 249 g/mol. The highest BCUT2D eigenvalue weighted by atomic mass is 16.5. The lowest BCUT2D eigenvalue weighted by molar-refractivity contribution is 0.161. The molecule has 0 aliphatic carbocycles. The minimum Gasteiger partial charge on any atom is -0.492 e. The van der Waals surface area contributed by atoms with Gasteiger partial charge in [-0.1, -0.05) is 24.6 Å². The fraction of sp³-hybridized carbons (Fsp3) is 0.600. The zero-order chi connectivity index (χ0) is 12.8. The minimum absolute atomic E-state index is 0.388. The third-order valence-corrected chi connectivity index (χ3v) is 3.45. The molecule has 0 radical (unpaired) electrons. The molecule has 0 amide bonds. The Kier molecular flexibility index (Phi) is 5.02. The van der Waals surface area contributed by atoms with E-state index in [1.54, 1.807) is 0 Å². The summed E-state index contributed by atoms with van der Waals surface area (Å²) in [5.41, 5.74) is 1.26. The summed E-state index contributed by atoms with van der Waals surface area (Å²) in [7, 11) is 0. The number of nitrogens with one attached hydrogen (secondary N) is 1. The average molecular weight is 249 g/mol. The molecule has 1 heterocycles. The molecule has 1 aliphatic rings. The molecule has 2 atom stereocenters. The summed E-state index contributed by atoms with van der Waals surface area (Å²) in [6.45, 7) is 7.64. The zero-order valence-electron chi connectivity index (χ0n) is 11.3. The van der Waals surface area contributed by atoms with Crippen LogP contribution in [0.1, 0.15) is 18.9 Å². The molecule has 1 aromatic rings. The van der Waals surface area contributed by atoms with Crippen molar-refractivity contribution in [2.24, 2.45) is 5.92 Å². The van der Waals surface area contributed by atoms with Gasteiger partial charge in [0.2, 0.25) is 0 Å². The Morgan fingerprint density at radius 2 is 2.17 bits per heavy atom. The maximum atomic E-state index is 5.87. The maximum absolute atomic E-state index is 5.87. The summed E-state index contributed by atoms with van der Waals surface area (Å²) in [4.78, 5) is 0. The zero-order valence-corrected chi connectivity index (χ0v) is 11.3. The summed E-state index contributed by atoms with van der Waals surface area (Å²) in [5, 5.41) is 3.50. The van der Waals surface area contributed by atoms with E-state index < -0.39 is 0 Å². The van der Waals surface area contributed by atoms with Crippen LogP contribution in [0, 0.1) is 12.8 Å². The van der Waals surface area contributed by atoms with Gasteiger partial charge in [-0.15, -0.1) is 0 Å². The minimum atomic E-state index is 0.388. The van der Waals surface area contributed by atoms with Crippen LogP contribution in [0.3, 0.4) is 0 Å². The molecule has 18 heavy (non-hydrogen) atoms. The summed E-state index contributed by atoms with van der Waals surface area (Å²) < 4.78 is 11.3. The first-order chi connectivity index (χ1) is 8.79. The van der Waals surface area contributed by atoms with Crippen LogP contribution in [0.2, 0.25) is 0 Å². The van der Waals surface area contributed by atoms with Gasteiger partial charge >= 0.3 is 0 Å². The van der Waals surface area contributed by atoms with Crippen molar-refractivity contribution in [1.29, 1.82) is 0 Å². The van der Waals surface area contributed by atoms with Crippen molar-refractivity contribution in [3.05, 3.63) is 29.8 Å². The van der Waals surface area contributed by atoms with Gasteiger partial charge in [-0.3, -0.25) is 0 Å². The van der Waals surface area contributed by atoms with Crippen LogP contribution in [0.5, 0.6) is 5.75 Å². The van der Waals surface area contributed by atoms with E-state index in [4.69, 9.17) is 9.47 Å². The summed E-state index contributed by atoms with van der Waals surface area (Å²) in [6, 6.07) is 8.61. The molecule has 0 saturated carbocycles. The van der Waals surface area contributed by atoms with Gasteiger partial charge < -0.3 is 14.8 Å².